The fourth-order valence-corrected chi connectivity index (χ4v) is 4.88. The van der Waals surface area contributed by atoms with Gasteiger partial charge in [-0.3, -0.25) is 0 Å². The smallest absolute Gasteiger partial charge is 0.122 e. The molecule has 0 spiro atoms. The van der Waals surface area contributed by atoms with E-state index in [1.807, 2.05) is 54.7 Å². The number of aromatic nitrogens is 1. The monoisotopic (exact) mass is 488 g/mol. The highest BCUT2D eigenvalue weighted by molar-refractivity contribution is 6.30. The number of nitrogens with one attached hydrogen (secondary N) is 1. The summed E-state index contributed by atoms with van der Waals surface area (Å²) in [6.07, 6.45) is 7.90. The van der Waals surface area contributed by atoms with Gasteiger partial charge in [-0.15, -0.1) is 0 Å². The van der Waals surface area contributed by atoms with Gasteiger partial charge in [0, 0.05) is 35.4 Å². The summed E-state index contributed by atoms with van der Waals surface area (Å²) in [4.78, 5) is 4.49. The molecule has 35 heavy (non-hydrogen) atoms. The van der Waals surface area contributed by atoms with Gasteiger partial charge >= 0.3 is 0 Å². The van der Waals surface area contributed by atoms with Gasteiger partial charge in [-0.05, 0) is 85.0 Å². The minimum atomic E-state index is 0.186. The van der Waals surface area contributed by atoms with E-state index in [0.29, 0.717) is 18.6 Å². The SMILES string of the molecule is Cc1cc(C#Cc2ccc(-c3ccc(Cl)cc3)cn2)ccc1OCCC1(CNCCO)CCCC1. The van der Waals surface area contributed by atoms with Crippen molar-refractivity contribution in [3.05, 3.63) is 82.6 Å². The molecule has 0 radical (unpaired) electrons. The predicted molar refractivity (Wildman–Crippen MR) is 143 cm³/mol. The Morgan fingerprint density at radius 3 is 2.49 bits per heavy atom. The van der Waals surface area contributed by atoms with Gasteiger partial charge in [0.1, 0.15) is 11.4 Å². The number of hydrogen-bond acceptors (Lipinski definition) is 4. The van der Waals surface area contributed by atoms with Gasteiger partial charge < -0.3 is 15.2 Å². The van der Waals surface area contributed by atoms with Gasteiger partial charge in [-0.2, -0.15) is 0 Å². The Labute approximate surface area is 213 Å². The van der Waals surface area contributed by atoms with Crippen molar-refractivity contribution in [2.45, 2.75) is 39.0 Å². The van der Waals surface area contributed by atoms with Crippen LogP contribution in [-0.4, -0.2) is 36.4 Å². The lowest BCUT2D eigenvalue weighted by Gasteiger charge is -2.29. The maximum atomic E-state index is 9.06. The van der Waals surface area contributed by atoms with E-state index < -0.39 is 0 Å². The second-order valence-electron chi connectivity index (χ2n) is 9.38. The van der Waals surface area contributed by atoms with Crippen LogP contribution in [0.4, 0.5) is 0 Å². The van der Waals surface area contributed by atoms with Crippen molar-refractivity contribution in [2.24, 2.45) is 5.41 Å². The van der Waals surface area contributed by atoms with E-state index in [-0.39, 0.29) is 6.61 Å². The summed E-state index contributed by atoms with van der Waals surface area (Å²) in [6, 6.07) is 17.8. The van der Waals surface area contributed by atoms with Crippen LogP contribution >= 0.6 is 11.6 Å². The molecule has 0 unspecified atom stereocenters. The summed E-state index contributed by atoms with van der Waals surface area (Å²) < 4.78 is 6.16. The van der Waals surface area contributed by atoms with E-state index in [1.54, 1.807) is 0 Å². The number of benzene rings is 2. The number of aliphatic hydroxyl groups excluding tert-OH is 1. The number of halogens is 1. The summed E-state index contributed by atoms with van der Waals surface area (Å²) in [5, 5.41) is 13.2. The van der Waals surface area contributed by atoms with Crippen molar-refractivity contribution in [2.75, 3.05) is 26.3 Å². The van der Waals surface area contributed by atoms with Crippen LogP contribution in [-0.2, 0) is 0 Å². The predicted octanol–water partition coefficient (Wildman–Crippen LogP) is 6.02. The van der Waals surface area contributed by atoms with Crippen molar-refractivity contribution in [1.82, 2.24) is 10.3 Å². The largest absolute Gasteiger partial charge is 0.493 e. The van der Waals surface area contributed by atoms with Gasteiger partial charge in [0.2, 0.25) is 0 Å². The van der Waals surface area contributed by atoms with Gasteiger partial charge in [0.05, 0.1) is 13.2 Å². The molecule has 4 nitrogen and oxygen atoms in total. The topological polar surface area (TPSA) is 54.4 Å². The maximum Gasteiger partial charge on any atom is 0.122 e. The van der Waals surface area contributed by atoms with Crippen LogP contribution in [0.1, 0.15) is 48.9 Å². The second kappa shape index (κ2) is 12.2. The van der Waals surface area contributed by atoms with Crippen molar-refractivity contribution >= 4 is 11.6 Å². The van der Waals surface area contributed by atoms with Crippen LogP contribution < -0.4 is 10.1 Å². The zero-order valence-electron chi connectivity index (χ0n) is 20.3. The van der Waals surface area contributed by atoms with Crippen molar-refractivity contribution in [3.63, 3.8) is 0 Å². The van der Waals surface area contributed by atoms with Crippen LogP contribution in [0.5, 0.6) is 5.75 Å². The van der Waals surface area contributed by atoms with Crippen LogP contribution in [0.15, 0.2) is 60.8 Å². The molecule has 1 saturated carbocycles. The molecule has 182 valence electrons. The van der Waals surface area contributed by atoms with Gasteiger partial charge in [-0.1, -0.05) is 48.6 Å². The second-order valence-corrected chi connectivity index (χ2v) is 9.81. The standard InChI is InChI=1S/C30H33ClN2O2/c1-23-20-24(4-11-28-12-8-26(21-33-28)25-6-9-27(31)10-7-25)5-13-29(23)35-19-16-30(14-2-3-15-30)22-32-17-18-34/h5-10,12-13,20-21,32,34H,2-3,14-19,22H2,1H3. The Morgan fingerprint density at radius 2 is 1.80 bits per heavy atom. The van der Waals surface area contributed by atoms with E-state index in [0.717, 1.165) is 51.7 Å². The highest BCUT2D eigenvalue weighted by Crippen LogP contribution is 2.40. The van der Waals surface area contributed by atoms with Gasteiger partial charge in [-0.25, -0.2) is 4.98 Å². The molecule has 0 aliphatic heterocycles. The molecule has 2 N–H and O–H groups in total. The lowest BCUT2D eigenvalue weighted by molar-refractivity contribution is 0.187. The molecule has 2 aromatic carbocycles. The first-order chi connectivity index (χ1) is 17.1. The molecule has 0 amide bonds. The number of ether oxygens (including phenoxy) is 1. The number of rotatable bonds is 9. The van der Waals surface area contributed by atoms with Crippen LogP contribution in [0.2, 0.25) is 5.02 Å². The number of pyridine rings is 1. The van der Waals surface area contributed by atoms with E-state index in [1.165, 1.54) is 25.7 Å². The average molecular weight is 489 g/mol. The highest BCUT2D eigenvalue weighted by Gasteiger charge is 2.33. The zero-order chi connectivity index (χ0) is 24.5. The lowest BCUT2D eigenvalue weighted by Crippen LogP contribution is -2.35. The Hall–Kier alpha value is -2.84. The summed E-state index contributed by atoms with van der Waals surface area (Å²) in [7, 11) is 0. The third-order valence-electron chi connectivity index (χ3n) is 6.79. The molecule has 4 rings (SSSR count). The van der Waals surface area contributed by atoms with Gasteiger partial charge in [0.25, 0.3) is 0 Å². The van der Waals surface area contributed by atoms with E-state index in [9.17, 15) is 0 Å². The molecule has 1 aliphatic rings. The summed E-state index contributed by atoms with van der Waals surface area (Å²) in [6.45, 7) is 4.57. The Morgan fingerprint density at radius 1 is 1.03 bits per heavy atom. The summed E-state index contributed by atoms with van der Waals surface area (Å²) in [5.74, 6) is 7.29. The molecule has 3 aromatic rings. The highest BCUT2D eigenvalue weighted by atomic mass is 35.5. The fraction of sp³-hybridized carbons (Fsp3) is 0.367. The quantitative estimate of drug-likeness (QED) is 0.285. The number of aryl methyl sites for hydroxylation is 1. The van der Waals surface area contributed by atoms with Crippen molar-refractivity contribution in [3.8, 4) is 28.7 Å². The molecular formula is C30H33ClN2O2. The summed E-state index contributed by atoms with van der Waals surface area (Å²) >= 11 is 5.97. The Bertz CT molecular complexity index is 1160. The van der Waals surface area contributed by atoms with Crippen LogP contribution in [0, 0.1) is 24.2 Å². The first-order valence-electron chi connectivity index (χ1n) is 12.4. The Kier molecular flexibility index (Phi) is 8.82. The third-order valence-corrected chi connectivity index (χ3v) is 7.05. The molecule has 0 saturated heterocycles. The van der Waals surface area contributed by atoms with E-state index in [2.05, 4.69) is 35.1 Å². The number of nitrogens with zero attached hydrogens (tertiary/aromatic N) is 1. The molecule has 1 fully saturated rings. The summed E-state index contributed by atoms with van der Waals surface area (Å²) in [5.41, 5.74) is 5.17. The van der Waals surface area contributed by atoms with E-state index >= 15 is 0 Å². The molecule has 1 aliphatic carbocycles. The molecule has 1 heterocycles. The lowest BCUT2D eigenvalue weighted by atomic mass is 9.83. The van der Waals surface area contributed by atoms with Crippen molar-refractivity contribution in [1.29, 1.82) is 0 Å². The third kappa shape index (κ3) is 7.08. The molecule has 5 heteroatoms. The normalized spacial score (nSPS) is 14.4. The molecule has 1 aromatic heterocycles. The Balaban J connectivity index is 1.33. The zero-order valence-corrected chi connectivity index (χ0v) is 21.1. The van der Waals surface area contributed by atoms with Gasteiger partial charge in [0.15, 0.2) is 0 Å². The fourth-order valence-electron chi connectivity index (χ4n) is 4.76. The first kappa shape index (κ1) is 25.3. The molecule has 0 bridgehead atoms. The van der Waals surface area contributed by atoms with Crippen molar-refractivity contribution < 1.29 is 9.84 Å². The van der Waals surface area contributed by atoms with Crippen LogP contribution in [0.3, 0.4) is 0 Å². The first-order valence-corrected chi connectivity index (χ1v) is 12.7. The minimum absolute atomic E-state index is 0.186. The maximum absolute atomic E-state index is 9.06. The number of aliphatic hydroxyl groups is 1. The average Bonchev–Trinajstić information content (AvgIpc) is 3.34. The van der Waals surface area contributed by atoms with E-state index in [4.69, 9.17) is 21.4 Å². The van der Waals surface area contributed by atoms with Crippen LogP contribution in [0.25, 0.3) is 11.1 Å². The molecular weight excluding hydrogens is 456 g/mol. The minimum Gasteiger partial charge on any atom is -0.493 e. The molecule has 0 atom stereocenters. The number of hydrogen-bond donors (Lipinski definition) is 2.